The minimum atomic E-state index is 0.0706. The summed E-state index contributed by atoms with van der Waals surface area (Å²) in [6.07, 6.45) is 15.0. The molecule has 0 unspecified atom stereocenters. The zero-order chi connectivity index (χ0) is 20.2. The van der Waals surface area contributed by atoms with Crippen molar-refractivity contribution < 1.29 is 0 Å². The lowest BCUT2D eigenvalue weighted by atomic mass is 10.0. The van der Waals surface area contributed by atoms with Crippen molar-refractivity contribution in [3.8, 4) is 24.3 Å². The first-order chi connectivity index (χ1) is 13.7. The number of rotatable bonds is 0. The zero-order valence-electron chi connectivity index (χ0n) is 15.3. The molecule has 2 aliphatic rings. The third kappa shape index (κ3) is 6.40. The largest absolute Gasteiger partial charge is 0.192 e. The van der Waals surface area contributed by atoms with Gasteiger partial charge in [0.2, 0.25) is 0 Å². The molecule has 0 aromatic carbocycles. The summed E-state index contributed by atoms with van der Waals surface area (Å²) in [6.45, 7) is 0. The van der Waals surface area contributed by atoms with Crippen molar-refractivity contribution in [2.45, 2.75) is 44.9 Å². The van der Waals surface area contributed by atoms with Gasteiger partial charge in [0, 0.05) is 9.81 Å². The molecule has 0 spiro atoms. The summed E-state index contributed by atoms with van der Waals surface area (Å²) in [5.41, 5.74) is 3.20. The van der Waals surface area contributed by atoms with Crippen LogP contribution >= 0.6 is 31.4 Å². The number of nitriles is 4. The highest BCUT2D eigenvalue weighted by atomic mass is 33.5. The lowest BCUT2D eigenvalue weighted by molar-refractivity contribution is 0.845. The van der Waals surface area contributed by atoms with Crippen LogP contribution < -0.4 is 0 Å². The van der Waals surface area contributed by atoms with E-state index < -0.39 is 0 Å². The fraction of sp³-hybridized carbons (Fsp3) is 0.333. The second-order valence-corrected chi connectivity index (χ2v) is 10.1. The van der Waals surface area contributed by atoms with Crippen molar-refractivity contribution in [3.63, 3.8) is 0 Å². The summed E-state index contributed by atoms with van der Waals surface area (Å²) < 4.78 is 0. The van der Waals surface area contributed by atoms with E-state index in [1.807, 2.05) is 48.6 Å². The van der Waals surface area contributed by atoms with Crippen molar-refractivity contribution in [3.05, 3.63) is 56.4 Å². The molecule has 0 radical (unpaired) electrons. The number of nitrogens with zero attached hydrogens (tertiary/aromatic N) is 4. The molecule has 0 fully saturated rings. The van der Waals surface area contributed by atoms with E-state index in [0.29, 0.717) is 9.81 Å². The first kappa shape index (κ1) is 22.0. The molecule has 1 aliphatic carbocycles. The molecule has 7 heteroatoms. The van der Waals surface area contributed by atoms with Gasteiger partial charge in [0.25, 0.3) is 0 Å². The van der Waals surface area contributed by atoms with Gasteiger partial charge in [-0.3, -0.25) is 0 Å². The molecule has 0 bridgehead atoms. The molecule has 0 aromatic heterocycles. The van der Waals surface area contributed by atoms with E-state index in [9.17, 15) is 21.0 Å². The minimum Gasteiger partial charge on any atom is -0.192 e. The molecule has 0 atom stereocenters. The summed E-state index contributed by atoms with van der Waals surface area (Å²) in [6, 6.07) is 7.77. The summed E-state index contributed by atoms with van der Waals surface area (Å²) in [7, 11) is 3.94. The number of hydrogen-bond acceptors (Lipinski definition) is 7. The topological polar surface area (TPSA) is 95.2 Å². The molecule has 140 valence electrons. The Kier molecular flexibility index (Phi) is 9.61. The molecule has 1 heterocycles. The standard InChI is InChI=1S/C21H18N4S3/c22-12-18(13-23)20-10-3-1-6-16-8-5-9-17(16)7-2-4-11-21(27-28-26-20)19(14-24)15-25/h3-4,10-11H,1-2,5-9H2/b10-3-,11-4-. The molecule has 0 aromatic rings. The Hall–Kier alpha value is -2.29. The molecule has 0 saturated heterocycles. The van der Waals surface area contributed by atoms with Crippen LogP contribution in [0.5, 0.6) is 0 Å². The second-order valence-electron chi connectivity index (χ2n) is 6.10. The van der Waals surface area contributed by atoms with Gasteiger partial charge in [-0.05, 0) is 88.5 Å². The first-order valence-corrected chi connectivity index (χ1v) is 12.3. The molecule has 28 heavy (non-hydrogen) atoms. The molecule has 0 amide bonds. The minimum absolute atomic E-state index is 0.0706. The molecule has 0 N–H and O–H groups in total. The van der Waals surface area contributed by atoms with E-state index in [1.54, 1.807) is 0 Å². The Morgan fingerprint density at radius 3 is 1.50 bits per heavy atom. The third-order valence-corrected chi connectivity index (χ3v) is 8.29. The molecular weight excluding hydrogens is 404 g/mol. The van der Waals surface area contributed by atoms with E-state index in [-0.39, 0.29) is 11.1 Å². The van der Waals surface area contributed by atoms with E-state index >= 15 is 0 Å². The highest BCUT2D eigenvalue weighted by molar-refractivity contribution is 9.10. The van der Waals surface area contributed by atoms with Crippen molar-refractivity contribution in [2.75, 3.05) is 0 Å². The average Bonchev–Trinajstić information content (AvgIpc) is 3.15. The van der Waals surface area contributed by atoms with Gasteiger partial charge in [-0.15, -0.1) is 0 Å². The monoisotopic (exact) mass is 422 g/mol. The van der Waals surface area contributed by atoms with Gasteiger partial charge in [-0.25, -0.2) is 0 Å². The van der Waals surface area contributed by atoms with E-state index in [0.717, 1.165) is 38.5 Å². The molecular formula is C21H18N4S3. The SMILES string of the molecule is N#CC(C#N)=C1/C=C\CCC2=C(CC/C=C\C(=C(C#N)C#N)SSS1)CCC2. The highest BCUT2D eigenvalue weighted by Crippen LogP contribution is 2.46. The van der Waals surface area contributed by atoms with Gasteiger partial charge < -0.3 is 0 Å². The number of hydrogen-bond donors (Lipinski definition) is 0. The Bertz CT molecular complexity index is 819. The fourth-order valence-corrected chi connectivity index (χ4v) is 6.87. The van der Waals surface area contributed by atoms with E-state index in [1.165, 1.54) is 49.0 Å². The lowest BCUT2D eigenvalue weighted by Crippen LogP contribution is -1.85. The van der Waals surface area contributed by atoms with Crippen molar-refractivity contribution >= 4 is 31.4 Å². The van der Waals surface area contributed by atoms with E-state index in [4.69, 9.17) is 0 Å². The van der Waals surface area contributed by atoms with Crippen LogP contribution in [-0.4, -0.2) is 0 Å². The van der Waals surface area contributed by atoms with Gasteiger partial charge in [-0.1, -0.05) is 23.3 Å². The summed E-state index contributed by atoms with van der Waals surface area (Å²) in [5, 5.41) is 36.9. The van der Waals surface area contributed by atoms with Crippen LogP contribution in [0.3, 0.4) is 0 Å². The summed E-state index contributed by atoms with van der Waals surface area (Å²) >= 11 is 0. The third-order valence-electron chi connectivity index (χ3n) is 4.41. The quantitative estimate of drug-likeness (QED) is 0.241. The molecule has 1 aliphatic heterocycles. The first-order valence-electron chi connectivity index (χ1n) is 8.86. The number of allylic oxidation sites excluding steroid dienone is 8. The smallest absolute Gasteiger partial charge is 0.144 e. The van der Waals surface area contributed by atoms with Gasteiger partial charge in [-0.2, -0.15) is 21.0 Å². The lowest BCUT2D eigenvalue weighted by Gasteiger charge is -2.05. The van der Waals surface area contributed by atoms with Crippen molar-refractivity contribution in [2.24, 2.45) is 0 Å². The second kappa shape index (κ2) is 12.2. The van der Waals surface area contributed by atoms with Gasteiger partial charge in [0.05, 0.1) is 0 Å². The Morgan fingerprint density at radius 1 is 0.679 bits per heavy atom. The van der Waals surface area contributed by atoms with Gasteiger partial charge in [0.1, 0.15) is 35.4 Å². The average molecular weight is 423 g/mol. The van der Waals surface area contributed by atoms with Crippen LogP contribution in [0.2, 0.25) is 0 Å². The molecule has 4 nitrogen and oxygen atoms in total. The Labute approximate surface area is 177 Å². The van der Waals surface area contributed by atoms with Crippen LogP contribution in [0.15, 0.2) is 56.4 Å². The maximum atomic E-state index is 9.22. The maximum absolute atomic E-state index is 9.22. The molecule has 2 rings (SSSR count). The van der Waals surface area contributed by atoms with Crippen LogP contribution in [0.25, 0.3) is 0 Å². The Balaban J connectivity index is 2.34. The maximum Gasteiger partial charge on any atom is 0.144 e. The van der Waals surface area contributed by atoms with Crippen LogP contribution in [0.1, 0.15) is 44.9 Å². The highest BCUT2D eigenvalue weighted by Gasteiger charge is 2.14. The van der Waals surface area contributed by atoms with Crippen molar-refractivity contribution in [1.82, 2.24) is 0 Å². The zero-order valence-corrected chi connectivity index (χ0v) is 17.7. The van der Waals surface area contributed by atoms with Gasteiger partial charge in [0.15, 0.2) is 0 Å². The molecule has 0 saturated carbocycles. The normalized spacial score (nSPS) is 20.3. The van der Waals surface area contributed by atoms with Crippen LogP contribution in [0, 0.1) is 45.3 Å². The predicted molar refractivity (Wildman–Crippen MR) is 117 cm³/mol. The summed E-state index contributed by atoms with van der Waals surface area (Å²) in [5.74, 6) is 0. The fourth-order valence-electron chi connectivity index (χ4n) is 3.03. The van der Waals surface area contributed by atoms with Crippen molar-refractivity contribution in [1.29, 1.82) is 21.0 Å². The van der Waals surface area contributed by atoms with Gasteiger partial charge >= 0.3 is 0 Å². The Morgan fingerprint density at radius 2 is 1.11 bits per heavy atom. The van der Waals surface area contributed by atoms with E-state index in [2.05, 4.69) is 0 Å². The summed E-state index contributed by atoms with van der Waals surface area (Å²) in [4.78, 5) is 1.19. The van der Waals surface area contributed by atoms with Crippen LogP contribution in [0.4, 0.5) is 0 Å². The predicted octanol–water partition coefficient (Wildman–Crippen LogP) is 6.79. The van der Waals surface area contributed by atoms with Crippen LogP contribution in [-0.2, 0) is 0 Å².